The lowest BCUT2D eigenvalue weighted by Crippen LogP contribution is -2.40. The number of nitrogens with one attached hydrogen (secondary N) is 2. The van der Waals surface area contributed by atoms with Crippen molar-refractivity contribution in [2.24, 2.45) is 17.8 Å². The van der Waals surface area contributed by atoms with Crippen LogP contribution in [0.5, 0.6) is 0 Å². The van der Waals surface area contributed by atoms with Crippen LogP contribution in [-0.2, 0) is 0 Å². The molecule has 2 bridgehead atoms. The van der Waals surface area contributed by atoms with Gasteiger partial charge in [-0.15, -0.1) is 0 Å². The fourth-order valence-electron chi connectivity index (χ4n) is 4.80. The smallest absolute Gasteiger partial charge is 0.268 e. The maximum absolute atomic E-state index is 12.6. The molecule has 1 amide bonds. The molecular formula is C18H26N2O2. The highest BCUT2D eigenvalue weighted by molar-refractivity contribution is 6.02. The predicted octanol–water partition coefficient (Wildman–Crippen LogP) is 3.39. The molecule has 4 nitrogen and oxygen atoms in total. The van der Waals surface area contributed by atoms with E-state index in [1.807, 2.05) is 13.8 Å². The standard InChI is InChI=1S/C18H26N2O2/c1-9-16(12(4)21)11(3)19-17(9)18(22)20-10(2)15-8-13-5-6-14(15)7-13/h10,13-15,19H,5-8H2,1-4H3,(H,20,22). The largest absolute Gasteiger partial charge is 0.354 e. The van der Waals surface area contributed by atoms with E-state index in [9.17, 15) is 9.59 Å². The Morgan fingerprint density at radius 1 is 1.23 bits per heavy atom. The second kappa shape index (κ2) is 5.56. The number of carbonyl (C=O) groups is 2. The molecule has 0 aromatic carbocycles. The van der Waals surface area contributed by atoms with E-state index in [1.165, 1.54) is 25.7 Å². The first-order valence-corrected chi connectivity index (χ1v) is 8.39. The lowest BCUT2D eigenvalue weighted by molar-refractivity contribution is 0.0910. The number of ketones is 1. The van der Waals surface area contributed by atoms with Gasteiger partial charge in [0.05, 0.1) is 0 Å². The van der Waals surface area contributed by atoms with Crippen molar-refractivity contribution in [1.29, 1.82) is 0 Å². The van der Waals surface area contributed by atoms with Gasteiger partial charge in [0.25, 0.3) is 5.91 Å². The second-order valence-electron chi connectivity index (χ2n) is 7.28. The third-order valence-electron chi connectivity index (χ3n) is 5.81. The van der Waals surface area contributed by atoms with Crippen LogP contribution in [0, 0.1) is 31.6 Å². The summed E-state index contributed by atoms with van der Waals surface area (Å²) in [4.78, 5) is 27.4. The van der Waals surface area contributed by atoms with Crippen molar-refractivity contribution in [3.8, 4) is 0 Å². The summed E-state index contributed by atoms with van der Waals surface area (Å²) in [5.74, 6) is 2.22. The Balaban J connectivity index is 1.72. The molecule has 22 heavy (non-hydrogen) atoms. The van der Waals surface area contributed by atoms with Crippen molar-refractivity contribution in [2.45, 2.75) is 59.4 Å². The molecule has 2 aliphatic rings. The maximum atomic E-state index is 12.6. The highest BCUT2D eigenvalue weighted by Gasteiger charge is 2.42. The van der Waals surface area contributed by atoms with Crippen LogP contribution in [0.4, 0.5) is 0 Å². The van der Waals surface area contributed by atoms with Crippen molar-refractivity contribution in [1.82, 2.24) is 10.3 Å². The van der Waals surface area contributed by atoms with Crippen LogP contribution in [0.1, 0.15) is 71.6 Å². The van der Waals surface area contributed by atoms with Gasteiger partial charge in [0.2, 0.25) is 0 Å². The number of carbonyl (C=O) groups excluding carboxylic acids is 2. The van der Waals surface area contributed by atoms with Gasteiger partial charge in [-0.25, -0.2) is 0 Å². The molecule has 4 unspecified atom stereocenters. The summed E-state index contributed by atoms with van der Waals surface area (Å²) in [5, 5.41) is 3.16. The first-order valence-electron chi connectivity index (χ1n) is 8.39. The van der Waals surface area contributed by atoms with Crippen LogP contribution in [0.15, 0.2) is 0 Å². The topological polar surface area (TPSA) is 62.0 Å². The van der Waals surface area contributed by atoms with E-state index >= 15 is 0 Å². The Morgan fingerprint density at radius 3 is 2.45 bits per heavy atom. The normalized spacial score (nSPS) is 27.9. The van der Waals surface area contributed by atoms with Crippen LogP contribution >= 0.6 is 0 Å². The molecule has 0 aliphatic heterocycles. The van der Waals surface area contributed by atoms with Gasteiger partial charge in [0.15, 0.2) is 5.78 Å². The van der Waals surface area contributed by atoms with Crippen LogP contribution in [0.2, 0.25) is 0 Å². The molecule has 4 heteroatoms. The molecule has 2 aliphatic carbocycles. The number of H-pyrrole nitrogens is 1. The van der Waals surface area contributed by atoms with Gasteiger partial charge in [-0.2, -0.15) is 0 Å². The molecule has 1 aromatic rings. The maximum Gasteiger partial charge on any atom is 0.268 e. The van der Waals surface area contributed by atoms with Crippen molar-refractivity contribution in [2.75, 3.05) is 0 Å². The minimum Gasteiger partial charge on any atom is -0.354 e. The summed E-state index contributed by atoms with van der Waals surface area (Å²) >= 11 is 0. The zero-order chi connectivity index (χ0) is 16.0. The predicted molar refractivity (Wildman–Crippen MR) is 86.1 cm³/mol. The first kappa shape index (κ1) is 15.3. The number of amides is 1. The number of aromatic amines is 1. The van der Waals surface area contributed by atoms with Gasteiger partial charge >= 0.3 is 0 Å². The Labute approximate surface area is 132 Å². The van der Waals surface area contributed by atoms with Crippen molar-refractivity contribution >= 4 is 11.7 Å². The SMILES string of the molecule is CC(=O)c1c(C)[nH]c(C(=O)NC(C)C2CC3CCC2C3)c1C. The van der Waals surface area contributed by atoms with Gasteiger partial charge < -0.3 is 10.3 Å². The van der Waals surface area contributed by atoms with Crippen LogP contribution in [0.25, 0.3) is 0 Å². The minimum absolute atomic E-state index is 0.00597. The van der Waals surface area contributed by atoms with Crippen molar-refractivity contribution in [3.05, 3.63) is 22.5 Å². The van der Waals surface area contributed by atoms with Crippen molar-refractivity contribution in [3.63, 3.8) is 0 Å². The fourth-order valence-corrected chi connectivity index (χ4v) is 4.80. The summed E-state index contributed by atoms with van der Waals surface area (Å²) in [5.41, 5.74) is 2.74. The molecule has 4 atom stereocenters. The average molecular weight is 302 g/mol. The van der Waals surface area contributed by atoms with E-state index in [2.05, 4.69) is 17.2 Å². The van der Waals surface area contributed by atoms with Crippen LogP contribution in [0.3, 0.4) is 0 Å². The summed E-state index contributed by atoms with van der Waals surface area (Å²) in [6.07, 6.45) is 5.30. The number of Topliss-reactive ketones (excluding diaryl/α,β-unsaturated/α-hetero) is 1. The van der Waals surface area contributed by atoms with Gasteiger partial charge in [-0.3, -0.25) is 9.59 Å². The molecular weight excluding hydrogens is 276 g/mol. The molecule has 1 aromatic heterocycles. The Hall–Kier alpha value is -1.58. The second-order valence-corrected chi connectivity index (χ2v) is 7.28. The van der Waals surface area contributed by atoms with Gasteiger partial charge in [0, 0.05) is 17.3 Å². The van der Waals surface area contributed by atoms with E-state index in [0.29, 0.717) is 17.2 Å². The van der Waals surface area contributed by atoms with Gasteiger partial charge in [0.1, 0.15) is 5.69 Å². The number of fused-ring (bicyclic) bond motifs is 2. The number of aryl methyl sites for hydroxylation is 1. The highest BCUT2D eigenvalue weighted by Crippen LogP contribution is 2.49. The summed E-state index contributed by atoms with van der Waals surface area (Å²) in [6.45, 7) is 7.36. The molecule has 0 spiro atoms. The number of hydrogen-bond acceptors (Lipinski definition) is 2. The molecule has 120 valence electrons. The molecule has 2 saturated carbocycles. The highest BCUT2D eigenvalue weighted by atomic mass is 16.2. The van der Waals surface area contributed by atoms with E-state index in [0.717, 1.165) is 23.1 Å². The zero-order valence-corrected chi connectivity index (χ0v) is 14.0. The lowest BCUT2D eigenvalue weighted by Gasteiger charge is -2.28. The lowest BCUT2D eigenvalue weighted by atomic mass is 9.84. The number of hydrogen-bond donors (Lipinski definition) is 2. The summed E-state index contributed by atoms with van der Waals surface area (Å²) in [6, 6.07) is 0.201. The van der Waals surface area contributed by atoms with Gasteiger partial charge in [-0.1, -0.05) is 6.42 Å². The monoisotopic (exact) mass is 302 g/mol. The fraction of sp³-hybridized carbons (Fsp3) is 0.667. The van der Waals surface area contributed by atoms with E-state index in [-0.39, 0.29) is 17.7 Å². The molecule has 0 saturated heterocycles. The minimum atomic E-state index is -0.0802. The Morgan fingerprint density at radius 2 is 1.95 bits per heavy atom. The van der Waals surface area contributed by atoms with Crippen LogP contribution in [-0.4, -0.2) is 22.7 Å². The van der Waals surface area contributed by atoms with Crippen molar-refractivity contribution < 1.29 is 9.59 Å². The Kier molecular flexibility index (Phi) is 3.87. The molecule has 2 fully saturated rings. The first-order chi connectivity index (χ1) is 10.4. The third-order valence-corrected chi connectivity index (χ3v) is 5.81. The summed E-state index contributed by atoms with van der Waals surface area (Å²) < 4.78 is 0. The molecule has 3 rings (SSSR count). The van der Waals surface area contributed by atoms with E-state index < -0.39 is 0 Å². The quantitative estimate of drug-likeness (QED) is 0.837. The zero-order valence-electron chi connectivity index (χ0n) is 14.0. The van der Waals surface area contributed by atoms with Gasteiger partial charge in [-0.05, 0) is 70.3 Å². The molecule has 1 heterocycles. The number of rotatable bonds is 4. The van der Waals surface area contributed by atoms with Crippen LogP contribution < -0.4 is 5.32 Å². The Bertz CT molecular complexity index is 617. The number of aromatic nitrogens is 1. The molecule has 2 N–H and O–H groups in total. The van der Waals surface area contributed by atoms with E-state index in [1.54, 1.807) is 6.92 Å². The molecule has 0 radical (unpaired) electrons. The van der Waals surface area contributed by atoms with E-state index in [4.69, 9.17) is 0 Å². The third kappa shape index (κ3) is 2.49. The summed E-state index contributed by atoms with van der Waals surface area (Å²) in [7, 11) is 0. The average Bonchev–Trinajstić information content (AvgIpc) is 3.12.